The lowest BCUT2D eigenvalue weighted by Gasteiger charge is -2.06. The summed E-state index contributed by atoms with van der Waals surface area (Å²) >= 11 is 1.55. The van der Waals surface area contributed by atoms with Crippen molar-refractivity contribution in [2.75, 3.05) is 0 Å². The van der Waals surface area contributed by atoms with Gasteiger partial charge in [-0.3, -0.25) is 9.48 Å². The molecule has 2 aromatic heterocycles. The van der Waals surface area contributed by atoms with Gasteiger partial charge in [0.05, 0.1) is 10.2 Å². The van der Waals surface area contributed by atoms with E-state index in [0.717, 1.165) is 22.3 Å². The SMILES string of the molecule is CCCCc1ccc2c(c1)sc(=NC(=O)c1cc(C)n(C(C)C)n1)n2C. The van der Waals surface area contributed by atoms with E-state index in [4.69, 9.17) is 0 Å². The van der Waals surface area contributed by atoms with Crippen molar-refractivity contribution < 1.29 is 4.79 Å². The summed E-state index contributed by atoms with van der Waals surface area (Å²) in [6.07, 6.45) is 3.47. The van der Waals surface area contributed by atoms with Crippen LogP contribution in [0.3, 0.4) is 0 Å². The number of nitrogens with zero attached hydrogens (tertiary/aromatic N) is 4. The number of hydrogen-bond acceptors (Lipinski definition) is 3. The molecule has 0 bridgehead atoms. The Bertz CT molecular complexity index is 1010. The molecule has 6 heteroatoms. The molecule has 5 nitrogen and oxygen atoms in total. The van der Waals surface area contributed by atoms with Crippen LogP contribution in [0.5, 0.6) is 0 Å². The van der Waals surface area contributed by atoms with E-state index in [2.05, 4.69) is 35.2 Å². The second-order valence-electron chi connectivity index (χ2n) is 6.98. The standard InChI is InChI=1S/C20H26N4OS/c1-6-7-8-15-9-10-17-18(12-15)26-20(23(17)5)21-19(25)16-11-14(4)24(22-16)13(2)3/h9-13H,6-8H2,1-5H3. The number of rotatable bonds is 5. The molecular formula is C20H26N4OS. The van der Waals surface area contributed by atoms with Crippen molar-refractivity contribution in [3.63, 3.8) is 0 Å². The first-order valence-electron chi connectivity index (χ1n) is 9.14. The summed E-state index contributed by atoms with van der Waals surface area (Å²) in [5, 5.41) is 4.41. The number of unbranched alkanes of at least 4 members (excludes halogenated alkanes) is 1. The fraction of sp³-hybridized carbons (Fsp3) is 0.450. The van der Waals surface area contributed by atoms with Crippen LogP contribution >= 0.6 is 11.3 Å². The fourth-order valence-corrected chi connectivity index (χ4v) is 4.16. The van der Waals surface area contributed by atoms with E-state index in [9.17, 15) is 4.79 Å². The smallest absolute Gasteiger partial charge is 0.300 e. The van der Waals surface area contributed by atoms with Gasteiger partial charge in [0.1, 0.15) is 0 Å². The van der Waals surface area contributed by atoms with Gasteiger partial charge in [-0.05, 0) is 57.4 Å². The highest BCUT2D eigenvalue weighted by molar-refractivity contribution is 7.16. The molecule has 2 heterocycles. The summed E-state index contributed by atoms with van der Waals surface area (Å²) < 4.78 is 5.00. The van der Waals surface area contributed by atoms with Crippen LogP contribution < -0.4 is 4.80 Å². The molecular weight excluding hydrogens is 344 g/mol. The van der Waals surface area contributed by atoms with Crippen LogP contribution in [0.15, 0.2) is 29.3 Å². The summed E-state index contributed by atoms with van der Waals surface area (Å²) in [6.45, 7) is 8.26. The molecule has 0 radical (unpaired) electrons. The number of aryl methyl sites for hydroxylation is 3. The number of hydrogen-bond donors (Lipinski definition) is 0. The van der Waals surface area contributed by atoms with Crippen molar-refractivity contribution in [1.82, 2.24) is 14.3 Å². The molecule has 0 spiro atoms. The number of benzene rings is 1. The fourth-order valence-electron chi connectivity index (χ4n) is 3.08. The maximum absolute atomic E-state index is 12.6. The van der Waals surface area contributed by atoms with E-state index in [1.165, 1.54) is 18.4 Å². The summed E-state index contributed by atoms with van der Waals surface area (Å²) in [7, 11) is 1.95. The number of amides is 1. The molecule has 138 valence electrons. The Hall–Kier alpha value is -2.21. The molecule has 0 saturated heterocycles. The largest absolute Gasteiger partial charge is 0.319 e. The summed E-state index contributed by atoms with van der Waals surface area (Å²) in [5.74, 6) is -0.291. The van der Waals surface area contributed by atoms with Crippen molar-refractivity contribution in [3.05, 3.63) is 46.0 Å². The summed E-state index contributed by atoms with van der Waals surface area (Å²) in [5.41, 5.74) is 3.81. The van der Waals surface area contributed by atoms with Crippen molar-refractivity contribution in [3.8, 4) is 0 Å². The van der Waals surface area contributed by atoms with Gasteiger partial charge >= 0.3 is 0 Å². The van der Waals surface area contributed by atoms with Crippen LogP contribution in [0.1, 0.15) is 61.4 Å². The molecule has 3 rings (SSSR count). The van der Waals surface area contributed by atoms with Gasteiger partial charge in [0.25, 0.3) is 5.91 Å². The van der Waals surface area contributed by atoms with E-state index in [1.807, 2.05) is 43.1 Å². The Kier molecular flexibility index (Phi) is 5.41. The third kappa shape index (κ3) is 3.65. The van der Waals surface area contributed by atoms with Gasteiger partial charge in [-0.15, -0.1) is 0 Å². The molecule has 3 aromatic rings. The molecule has 0 aliphatic carbocycles. The minimum Gasteiger partial charge on any atom is -0.319 e. The minimum atomic E-state index is -0.291. The molecule has 0 unspecified atom stereocenters. The Balaban J connectivity index is 1.97. The highest BCUT2D eigenvalue weighted by Gasteiger charge is 2.14. The highest BCUT2D eigenvalue weighted by atomic mass is 32.1. The van der Waals surface area contributed by atoms with Gasteiger partial charge in [0, 0.05) is 18.8 Å². The van der Waals surface area contributed by atoms with Crippen molar-refractivity contribution >= 4 is 27.5 Å². The maximum Gasteiger partial charge on any atom is 0.300 e. The van der Waals surface area contributed by atoms with Crippen molar-refractivity contribution in [2.24, 2.45) is 12.0 Å². The van der Waals surface area contributed by atoms with Gasteiger partial charge in [0.2, 0.25) is 0 Å². The topological polar surface area (TPSA) is 52.2 Å². The Morgan fingerprint density at radius 3 is 2.73 bits per heavy atom. The van der Waals surface area contributed by atoms with Crippen LogP contribution in [0, 0.1) is 6.92 Å². The van der Waals surface area contributed by atoms with E-state index in [1.54, 1.807) is 11.3 Å². The second-order valence-corrected chi connectivity index (χ2v) is 7.98. The molecule has 0 N–H and O–H groups in total. The van der Waals surface area contributed by atoms with Crippen LogP contribution in [-0.2, 0) is 13.5 Å². The summed E-state index contributed by atoms with van der Waals surface area (Å²) in [4.78, 5) is 17.6. The first-order chi connectivity index (χ1) is 12.4. The molecule has 0 aliphatic rings. The van der Waals surface area contributed by atoms with Gasteiger partial charge in [0.15, 0.2) is 10.5 Å². The Morgan fingerprint density at radius 1 is 1.31 bits per heavy atom. The lowest BCUT2D eigenvalue weighted by atomic mass is 10.1. The highest BCUT2D eigenvalue weighted by Crippen LogP contribution is 2.20. The average Bonchev–Trinajstić information content (AvgIpc) is 3.14. The number of aromatic nitrogens is 3. The molecule has 0 saturated carbocycles. The molecule has 1 amide bonds. The van der Waals surface area contributed by atoms with Crippen molar-refractivity contribution in [2.45, 2.75) is 53.0 Å². The van der Waals surface area contributed by atoms with Crippen LogP contribution in [0.25, 0.3) is 10.2 Å². The minimum absolute atomic E-state index is 0.221. The maximum atomic E-state index is 12.6. The number of carbonyl (C=O) groups excluding carboxylic acids is 1. The lowest BCUT2D eigenvalue weighted by molar-refractivity contribution is 0.0992. The quantitative estimate of drug-likeness (QED) is 0.668. The van der Waals surface area contributed by atoms with Gasteiger partial charge in [-0.1, -0.05) is 30.7 Å². The van der Waals surface area contributed by atoms with E-state index >= 15 is 0 Å². The van der Waals surface area contributed by atoms with Crippen molar-refractivity contribution in [1.29, 1.82) is 0 Å². The third-order valence-corrected chi connectivity index (χ3v) is 5.62. The van der Waals surface area contributed by atoms with Gasteiger partial charge in [-0.25, -0.2) is 0 Å². The molecule has 26 heavy (non-hydrogen) atoms. The first kappa shape index (κ1) is 18.6. The van der Waals surface area contributed by atoms with Crippen LogP contribution in [0.4, 0.5) is 0 Å². The molecule has 0 fully saturated rings. The molecule has 1 aromatic carbocycles. The molecule has 0 atom stereocenters. The number of fused-ring (bicyclic) bond motifs is 1. The Morgan fingerprint density at radius 2 is 2.08 bits per heavy atom. The normalized spacial score (nSPS) is 12.5. The predicted octanol–water partition coefficient (Wildman–Crippen LogP) is 4.41. The van der Waals surface area contributed by atoms with E-state index in [0.29, 0.717) is 10.5 Å². The predicted molar refractivity (Wildman–Crippen MR) is 107 cm³/mol. The van der Waals surface area contributed by atoms with E-state index < -0.39 is 0 Å². The molecule has 0 aliphatic heterocycles. The average molecular weight is 371 g/mol. The Labute approximate surface area is 158 Å². The lowest BCUT2D eigenvalue weighted by Crippen LogP contribution is -2.14. The zero-order valence-corrected chi connectivity index (χ0v) is 16.9. The van der Waals surface area contributed by atoms with E-state index in [-0.39, 0.29) is 11.9 Å². The number of thiazole rings is 1. The monoisotopic (exact) mass is 370 g/mol. The van der Waals surface area contributed by atoms with Gasteiger partial charge in [-0.2, -0.15) is 10.1 Å². The number of carbonyl (C=O) groups is 1. The van der Waals surface area contributed by atoms with Gasteiger partial charge < -0.3 is 4.57 Å². The second kappa shape index (κ2) is 7.58. The zero-order valence-electron chi connectivity index (χ0n) is 16.1. The third-order valence-electron chi connectivity index (χ3n) is 4.52. The first-order valence-corrected chi connectivity index (χ1v) is 9.96. The zero-order chi connectivity index (χ0) is 18.8. The van der Waals surface area contributed by atoms with Crippen LogP contribution in [-0.4, -0.2) is 20.3 Å². The summed E-state index contributed by atoms with van der Waals surface area (Å²) in [6, 6.07) is 8.54. The van der Waals surface area contributed by atoms with Crippen LogP contribution in [0.2, 0.25) is 0 Å².